The van der Waals surface area contributed by atoms with Gasteiger partial charge in [-0.25, -0.2) is 0 Å². The van der Waals surface area contributed by atoms with Crippen molar-refractivity contribution >= 4 is 11.8 Å². The molecule has 2 amide bonds. The molecule has 0 bridgehead atoms. The van der Waals surface area contributed by atoms with Crippen LogP contribution in [0.4, 0.5) is 0 Å². The third kappa shape index (κ3) is 4.81. The van der Waals surface area contributed by atoms with Gasteiger partial charge in [0.1, 0.15) is 5.60 Å². The Morgan fingerprint density at radius 2 is 1.88 bits per heavy atom. The number of aliphatic hydroxyl groups is 1. The molecule has 24 heavy (non-hydrogen) atoms. The monoisotopic (exact) mass is 332 g/mol. The lowest BCUT2D eigenvalue weighted by Gasteiger charge is -2.32. The lowest BCUT2D eigenvalue weighted by Crippen LogP contribution is -2.45. The van der Waals surface area contributed by atoms with Crippen molar-refractivity contribution in [1.82, 2.24) is 10.2 Å². The molecule has 0 radical (unpaired) electrons. The summed E-state index contributed by atoms with van der Waals surface area (Å²) in [4.78, 5) is 26.1. The average Bonchev–Trinajstić information content (AvgIpc) is 2.61. The predicted molar refractivity (Wildman–Crippen MR) is 93.2 cm³/mol. The van der Waals surface area contributed by atoms with E-state index in [1.54, 1.807) is 6.92 Å². The normalized spacial score (nSPS) is 18.0. The van der Waals surface area contributed by atoms with Crippen LogP contribution in [-0.2, 0) is 15.2 Å². The Morgan fingerprint density at radius 1 is 1.25 bits per heavy atom. The van der Waals surface area contributed by atoms with Crippen molar-refractivity contribution in [2.24, 2.45) is 5.92 Å². The van der Waals surface area contributed by atoms with Crippen LogP contribution < -0.4 is 5.32 Å². The molecule has 0 saturated carbocycles. The number of amides is 2. The summed E-state index contributed by atoms with van der Waals surface area (Å²) >= 11 is 0. The van der Waals surface area contributed by atoms with Gasteiger partial charge in [0.15, 0.2) is 0 Å². The van der Waals surface area contributed by atoms with Crippen LogP contribution in [0.2, 0.25) is 0 Å². The molecule has 132 valence electrons. The van der Waals surface area contributed by atoms with Gasteiger partial charge in [0, 0.05) is 25.4 Å². The third-order valence-electron chi connectivity index (χ3n) is 4.68. The predicted octanol–water partition coefficient (Wildman–Crippen LogP) is 2.05. The zero-order valence-electron chi connectivity index (χ0n) is 14.6. The van der Waals surface area contributed by atoms with E-state index in [0.717, 1.165) is 12.0 Å². The summed E-state index contributed by atoms with van der Waals surface area (Å²) in [6, 6.07) is 9.34. The molecule has 0 aliphatic carbocycles. The zero-order chi connectivity index (χ0) is 17.6. The van der Waals surface area contributed by atoms with Crippen molar-refractivity contribution in [3.8, 4) is 0 Å². The number of hydrogen-bond donors (Lipinski definition) is 2. The molecule has 2 rings (SSSR count). The Bertz CT molecular complexity index is 549. The van der Waals surface area contributed by atoms with E-state index < -0.39 is 5.60 Å². The topological polar surface area (TPSA) is 69.6 Å². The van der Waals surface area contributed by atoms with Crippen LogP contribution in [0, 0.1) is 5.92 Å². The van der Waals surface area contributed by atoms with Gasteiger partial charge in [-0.05, 0) is 31.7 Å². The fraction of sp³-hybridized carbons (Fsp3) is 0.579. The maximum absolute atomic E-state index is 12.4. The Balaban J connectivity index is 1.81. The summed E-state index contributed by atoms with van der Waals surface area (Å²) in [6.07, 6.45) is 2.81. The van der Waals surface area contributed by atoms with E-state index in [9.17, 15) is 14.7 Å². The first kappa shape index (κ1) is 18.5. The highest BCUT2D eigenvalue weighted by Gasteiger charge is 2.29. The molecule has 1 atom stereocenters. The first-order valence-electron chi connectivity index (χ1n) is 8.77. The van der Waals surface area contributed by atoms with Crippen molar-refractivity contribution < 1.29 is 14.7 Å². The lowest BCUT2D eigenvalue weighted by atomic mass is 9.93. The van der Waals surface area contributed by atoms with Gasteiger partial charge >= 0.3 is 0 Å². The van der Waals surface area contributed by atoms with Gasteiger partial charge < -0.3 is 15.3 Å². The van der Waals surface area contributed by atoms with E-state index in [2.05, 4.69) is 5.32 Å². The molecular formula is C19H28N2O3. The number of benzene rings is 1. The summed E-state index contributed by atoms with van der Waals surface area (Å²) in [5, 5.41) is 13.4. The minimum absolute atomic E-state index is 0.0335. The second-order valence-corrected chi connectivity index (χ2v) is 6.76. The van der Waals surface area contributed by atoms with Crippen molar-refractivity contribution in [3.05, 3.63) is 35.9 Å². The summed E-state index contributed by atoms with van der Waals surface area (Å²) in [7, 11) is 0. The van der Waals surface area contributed by atoms with Gasteiger partial charge in [-0.15, -0.1) is 0 Å². The number of piperidine rings is 1. The maximum atomic E-state index is 12.4. The van der Waals surface area contributed by atoms with Crippen LogP contribution in [0.15, 0.2) is 30.3 Å². The molecule has 1 saturated heterocycles. The fourth-order valence-corrected chi connectivity index (χ4v) is 3.07. The van der Waals surface area contributed by atoms with Gasteiger partial charge in [-0.2, -0.15) is 0 Å². The van der Waals surface area contributed by atoms with Gasteiger partial charge in [0.25, 0.3) is 0 Å². The van der Waals surface area contributed by atoms with Crippen LogP contribution in [0.25, 0.3) is 0 Å². The SMILES string of the molecule is CCCC(=O)N1CCC(C(=O)NCC(C)(O)c2ccccc2)CC1. The minimum atomic E-state index is -1.09. The molecule has 1 aromatic rings. The molecule has 2 N–H and O–H groups in total. The van der Waals surface area contributed by atoms with Crippen molar-refractivity contribution in [3.63, 3.8) is 0 Å². The molecule has 1 heterocycles. The van der Waals surface area contributed by atoms with Gasteiger partial charge in [0.05, 0.1) is 6.54 Å². The molecular weight excluding hydrogens is 304 g/mol. The van der Waals surface area contributed by atoms with Crippen LogP contribution >= 0.6 is 0 Å². The highest BCUT2D eigenvalue weighted by atomic mass is 16.3. The third-order valence-corrected chi connectivity index (χ3v) is 4.68. The highest BCUT2D eigenvalue weighted by molar-refractivity contribution is 5.80. The molecule has 1 aromatic carbocycles. The van der Waals surface area contributed by atoms with Crippen molar-refractivity contribution in [1.29, 1.82) is 0 Å². The van der Waals surface area contributed by atoms with Gasteiger partial charge in [-0.1, -0.05) is 37.3 Å². The number of carbonyl (C=O) groups excluding carboxylic acids is 2. The van der Waals surface area contributed by atoms with E-state index in [1.165, 1.54) is 0 Å². The van der Waals surface area contributed by atoms with Crippen LogP contribution in [0.5, 0.6) is 0 Å². The standard InChI is InChI=1S/C19H28N2O3/c1-3-7-17(22)21-12-10-15(11-13-21)18(23)20-14-19(2,24)16-8-5-4-6-9-16/h4-6,8-9,15,24H,3,7,10-14H2,1-2H3,(H,20,23). The number of rotatable bonds is 6. The van der Waals surface area contributed by atoms with E-state index in [0.29, 0.717) is 32.4 Å². The highest BCUT2D eigenvalue weighted by Crippen LogP contribution is 2.21. The molecule has 1 unspecified atom stereocenters. The van der Waals surface area contributed by atoms with Crippen molar-refractivity contribution in [2.75, 3.05) is 19.6 Å². The van der Waals surface area contributed by atoms with Crippen LogP contribution in [-0.4, -0.2) is 41.5 Å². The molecule has 1 fully saturated rings. The Morgan fingerprint density at radius 3 is 2.46 bits per heavy atom. The van der Waals surface area contributed by atoms with Gasteiger partial charge in [-0.3, -0.25) is 9.59 Å². The van der Waals surface area contributed by atoms with E-state index in [4.69, 9.17) is 0 Å². The number of hydrogen-bond acceptors (Lipinski definition) is 3. The summed E-state index contributed by atoms with van der Waals surface area (Å²) in [6.45, 7) is 5.17. The van der Waals surface area contributed by atoms with Crippen molar-refractivity contribution in [2.45, 2.75) is 45.1 Å². The van der Waals surface area contributed by atoms with E-state index in [1.807, 2.05) is 42.2 Å². The largest absolute Gasteiger partial charge is 0.384 e. The Hall–Kier alpha value is -1.88. The van der Waals surface area contributed by atoms with Gasteiger partial charge in [0.2, 0.25) is 11.8 Å². The molecule has 0 spiro atoms. The summed E-state index contributed by atoms with van der Waals surface area (Å²) < 4.78 is 0. The average molecular weight is 332 g/mol. The fourth-order valence-electron chi connectivity index (χ4n) is 3.07. The minimum Gasteiger partial charge on any atom is -0.384 e. The number of likely N-dealkylation sites (tertiary alicyclic amines) is 1. The quantitative estimate of drug-likeness (QED) is 0.838. The van der Waals surface area contributed by atoms with Crippen LogP contribution in [0.3, 0.4) is 0 Å². The molecule has 1 aliphatic heterocycles. The maximum Gasteiger partial charge on any atom is 0.223 e. The Kier molecular flexibility index (Phi) is 6.37. The van der Waals surface area contributed by atoms with E-state index in [-0.39, 0.29) is 24.3 Å². The number of carbonyl (C=O) groups is 2. The number of nitrogens with one attached hydrogen (secondary N) is 1. The van der Waals surface area contributed by atoms with E-state index >= 15 is 0 Å². The summed E-state index contributed by atoms with van der Waals surface area (Å²) in [5.41, 5.74) is -0.306. The Labute approximate surface area is 144 Å². The summed E-state index contributed by atoms with van der Waals surface area (Å²) in [5.74, 6) is 0.0689. The second-order valence-electron chi connectivity index (χ2n) is 6.76. The molecule has 5 heteroatoms. The first-order chi connectivity index (χ1) is 11.4. The zero-order valence-corrected chi connectivity index (χ0v) is 14.6. The molecule has 0 aromatic heterocycles. The second kappa shape index (κ2) is 8.29. The first-order valence-corrected chi connectivity index (χ1v) is 8.77. The lowest BCUT2D eigenvalue weighted by molar-refractivity contribution is -0.136. The van der Waals surface area contributed by atoms with Crippen LogP contribution in [0.1, 0.15) is 45.1 Å². The molecule has 1 aliphatic rings. The number of nitrogens with zero attached hydrogens (tertiary/aromatic N) is 1. The molecule has 5 nitrogen and oxygen atoms in total. The smallest absolute Gasteiger partial charge is 0.223 e.